The van der Waals surface area contributed by atoms with Gasteiger partial charge in [-0.05, 0) is 79.9 Å². The predicted octanol–water partition coefficient (Wildman–Crippen LogP) is 7.46. The largest absolute Gasteiger partial charge is 0.507 e. The molecule has 1 amide bonds. The Morgan fingerprint density at radius 1 is 1.02 bits per heavy atom. The van der Waals surface area contributed by atoms with Gasteiger partial charge in [-0.15, -0.1) is 0 Å². The van der Waals surface area contributed by atoms with Crippen LogP contribution in [-0.2, 0) is 9.59 Å². The number of hydrogen-bond acceptors (Lipinski definition) is 7. The maximum absolute atomic E-state index is 13.6. The van der Waals surface area contributed by atoms with Crippen molar-refractivity contribution in [3.05, 3.63) is 87.9 Å². The first-order valence-electron chi connectivity index (χ1n) is 13.2. The molecule has 0 saturated carbocycles. The second-order valence-electron chi connectivity index (χ2n) is 9.48. The van der Waals surface area contributed by atoms with Crippen LogP contribution in [0.1, 0.15) is 49.4 Å². The lowest BCUT2D eigenvalue weighted by atomic mass is 9.95. The molecule has 3 aromatic carbocycles. The van der Waals surface area contributed by atoms with E-state index in [0.29, 0.717) is 46.0 Å². The Bertz CT molecular complexity index is 1610. The molecule has 5 rings (SSSR count). The normalized spacial score (nSPS) is 16.6. The van der Waals surface area contributed by atoms with Crippen LogP contribution in [0.2, 0.25) is 5.02 Å². The van der Waals surface area contributed by atoms with E-state index in [1.54, 1.807) is 42.5 Å². The monoisotopic (exact) mass is 576 g/mol. The van der Waals surface area contributed by atoms with Crippen molar-refractivity contribution in [2.75, 3.05) is 18.1 Å². The fraction of sp³-hybridized carbons (Fsp3) is 0.258. The van der Waals surface area contributed by atoms with Gasteiger partial charge < -0.3 is 14.6 Å². The standard InChI is InChI=1S/C31H29ClN2O5S/c1-4-6-15-39-23-14-10-20(17-24(23)38-5-2)27-26(28(35)19-8-11-21(32)12-9-19)29(36)30(37)34(27)31-33-22-13-7-18(3)16-25(22)40-31/h7-14,16-17,27,35H,4-6,15H2,1-3H3. The summed E-state index contributed by atoms with van der Waals surface area (Å²) in [5.74, 6) is -0.787. The number of aliphatic hydroxyl groups excluding tert-OH is 1. The molecule has 0 spiro atoms. The van der Waals surface area contributed by atoms with E-state index >= 15 is 0 Å². The first kappa shape index (κ1) is 27.7. The fourth-order valence-corrected chi connectivity index (χ4v) is 5.86. The van der Waals surface area contributed by atoms with Gasteiger partial charge in [0.1, 0.15) is 5.76 Å². The summed E-state index contributed by atoms with van der Waals surface area (Å²) in [7, 11) is 0. The number of anilines is 1. The van der Waals surface area contributed by atoms with Gasteiger partial charge in [0.25, 0.3) is 5.78 Å². The molecule has 7 nitrogen and oxygen atoms in total. The molecule has 9 heteroatoms. The van der Waals surface area contributed by atoms with Crippen LogP contribution >= 0.6 is 22.9 Å². The molecule has 206 valence electrons. The average molecular weight is 577 g/mol. The fourth-order valence-electron chi connectivity index (χ4n) is 4.64. The SMILES string of the molecule is CCCCOc1ccc(C2C(=C(O)c3ccc(Cl)cc3)C(=O)C(=O)N2c2nc3ccc(C)cc3s2)cc1OCC. The lowest BCUT2D eigenvalue weighted by Gasteiger charge is -2.24. The lowest BCUT2D eigenvalue weighted by Crippen LogP contribution is -2.29. The molecule has 0 aliphatic carbocycles. The minimum absolute atomic E-state index is 0.0372. The molecule has 40 heavy (non-hydrogen) atoms. The maximum Gasteiger partial charge on any atom is 0.301 e. The number of halogens is 1. The summed E-state index contributed by atoms with van der Waals surface area (Å²) in [5, 5.41) is 12.3. The van der Waals surface area contributed by atoms with Crippen molar-refractivity contribution in [3.63, 3.8) is 0 Å². The number of ketones is 1. The van der Waals surface area contributed by atoms with Crippen LogP contribution in [-0.4, -0.2) is 35.0 Å². The number of Topliss-reactive ketones (excluding diaryl/α,β-unsaturated/α-hetero) is 1. The number of fused-ring (bicyclic) bond motifs is 1. The van der Waals surface area contributed by atoms with Crippen LogP contribution in [0.3, 0.4) is 0 Å². The highest BCUT2D eigenvalue weighted by atomic mass is 35.5. The highest BCUT2D eigenvalue weighted by Gasteiger charge is 2.48. The molecule has 0 bridgehead atoms. The summed E-state index contributed by atoms with van der Waals surface area (Å²) in [4.78, 5) is 33.2. The van der Waals surface area contributed by atoms with Crippen LogP contribution < -0.4 is 14.4 Å². The van der Waals surface area contributed by atoms with Crippen LogP contribution in [0.5, 0.6) is 11.5 Å². The Balaban J connectivity index is 1.69. The molecule has 1 aliphatic rings. The number of aromatic nitrogens is 1. The number of hydrogen-bond donors (Lipinski definition) is 1. The third-order valence-corrected chi connectivity index (χ3v) is 7.91. The maximum atomic E-state index is 13.6. The molecular formula is C31H29ClN2O5S. The smallest absolute Gasteiger partial charge is 0.301 e. The molecule has 0 radical (unpaired) electrons. The minimum atomic E-state index is -0.943. The molecule has 4 aromatic rings. The van der Waals surface area contributed by atoms with E-state index in [1.165, 1.54) is 16.2 Å². The third-order valence-electron chi connectivity index (χ3n) is 6.64. The minimum Gasteiger partial charge on any atom is -0.507 e. The first-order valence-corrected chi connectivity index (χ1v) is 14.4. The molecule has 1 atom stereocenters. The van der Waals surface area contributed by atoms with Crippen molar-refractivity contribution in [2.24, 2.45) is 0 Å². The van der Waals surface area contributed by atoms with Crippen molar-refractivity contribution in [1.82, 2.24) is 4.98 Å². The van der Waals surface area contributed by atoms with E-state index in [1.807, 2.05) is 32.0 Å². The number of thiazole rings is 1. The number of amides is 1. The number of aryl methyl sites for hydroxylation is 1. The van der Waals surface area contributed by atoms with Gasteiger partial charge in [0.05, 0.1) is 35.0 Å². The molecule has 1 aromatic heterocycles. The number of ether oxygens (including phenoxy) is 2. The van der Waals surface area contributed by atoms with Crippen molar-refractivity contribution >= 4 is 55.7 Å². The molecule has 1 saturated heterocycles. The number of aliphatic hydroxyl groups is 1. The van der Waals surface area contributed by atoms with E-state index in [0.717, 1.165) is 28.6 Å². The van der Waals surface area contributed by atoms with Gasteiger partial charge in [0.2, 0.25) is 0 Å². The quantitative estimate of drug-likeness (QED) is 0.0962. The third kappa shape index (κ3) is 5.29. The lowest BCUT2D eigenvalue weighted by molar-refractivity contribution is -0.132. The second-order valence-corrected chi connectivity index (χ2v) is 10.9. The van der Waals surface area contributed by atoms with E-state index in [4.69, 9.17) is 26.1 Å². The molecule has 1 unspecified atom stereocenters. The topological polar surface area (TPSA) is 89.0 Å². The van der Waals surface area contributed by atoms with Gasteiger partial charge in [0.15, 0.2) is 16.6 Å². The second kappa shape index (κ2) is 11.7. The van der Waals surface area contributed by atoms with Crippen molar-refractivity contribution < 1.29 is 24.2 Å². The molecule has 1 fully saturated rings. The summed E-state index contributed by atoms with van der Waals surface area (Å²) < 4.78 is 12.7. The number of carbonyl (C=O) groups excluding carboxylic acids is 2. The Kier molecular flexibility index (Phi) is 8.09. The van der Waals surface area contributed by atoms with Crippen molar-refractivity contribution in [2.45, 2.75) is 39.7 Å². The number of rotatable bonds is 9. The molecule has 1 aliphatic heterocycles. The van der Waals surface area contributed by atoms with Gasteiger partial charge >= 0.3 is 5.91 Å². The number of unbranched alkanes of at least 4 members (excludes halogenated alkanes) is 1. The van der Waals surface area contributed by atoms with Crippen molar-refractivity contribution in [1.29, 1.82) is 0 Å². The Morgan fingerprint density at radius 3 is 2.52 bits per heavy atom. The van der Waals surface area contributed by atoms with E-state index in [9.17, 15) is 14.7 Å². The van der Waals surface area contributed by atoms with Crippen LogP contribution in [0.25, 0.3) is 16.0 Å². The predicted molar refractivity (Wildman–Crippen MR) is 159 cm³/mol. The van der Waals surface area contributed by atoms with E-state index in [-0.39, 0.29) is 11.3 Å². The molecule has 2 heterocycles. The van der Waals surface area contributed by atoms with Crippen LogP contribution in [0, 0.1) is 6.92 Å². The van der Waals surface area contributed by atoms with Crippen LogP contribution in [0.4, 0.5) is 5.13 Å². The highest BCUT2D eigenvalue weighted by Crippen LogP contribution is 2.46. The van der Waals surface area contributed by atoms with Crippen molar-refractivity contribution in [3.8, 4) is 11.5 Å². The summed E-state index contributed by atoms with van der Waals surface area (Å²) in [6.07, 6.45) is 1.88. The average Bonchev–Trinajstić information content (AvgIpc) is 3.47. The summed E-state index contributed by atoms with van der Waals surface area (Å²) >= 11 is 7.37. The first-order chi connectivity index (χ1) is 19.3. The Hall–Kier alpha value is -3.88. The zero-order valence-electron chi connectivity index (χ0n) is 22.4. The van der Waals surface area contributed by atoms with Gasteiger partial charge in [-0.25, -0.2) is 4.98 Å². The number of nitrogens with zero attached hydrogens (tertiary/aromatic N) is 2. The van der Waals surface area contributed by atoms with Gasteiger partial charge in [-0.3, -0.25) is 14.5 Å². The Labute approximate surface area is 241 Å². The number of benzene rings is 3. The summed E-state index contributed by atoms with van der Waals surface area (Å²) in [6.45, 7) is 6.88. The molecule has 1 N–H and O–H groups in total. The van der Waals surface area contributed by atoms with Gasteiger partial charge in [-0.1, -0.05) is 48.4 Å². The van der Waals surface area contributed by atoms with Gasteiger partial charge in [-0.2, -0.15) is 0 Å². The zero-order valence-corrected chi connectivity index (χ0v) is 24.0. The van der Waals surface area contributed by atoms with Crippen LogP contribution in [0.15, 0.2) is 66.2 Å². The zero-order chi connectivity index (χ0) is 28.4. The number of carbonyl (C=O) groups is 2. The summed E-state index contributed by atoms with van der Waals surface area (Å²) in [6, 6.07) is 16.7. The highest BCUT2D eigenvalue weighted by molar-refractivity contribution is 7.22. The summed E-state index contributed by atoms with van der Waals surface area (Å²) in [5.41, 5.74) is 2.70. The van der Waals surface area contributed by atoms with E-state index in [2.05, 4.69) is 6.92 Å². The molecular weight excluding hydrogens is 548 g/mol. The van der Waals surface area contributed by atoms with Gasteiger partial charge in [0, 0.05) is 10.6 Å². The Morgan fingerprint density at radius 2 is 1.80 bits per heavy atom. The van der Waals surface area contributed by atoms with E-state index < -0.39 is 17.7 Å².